The molecule has 0 bridgehead atoms. The zero-order chi connectivity index (χ0) is 18.8. The van der Waals surface area contributed by atoms with Crippen LogP contribution in [0.25, 0.3) is 28.1 Å². The largest absolute Gasteiger partial charge is 0.465 e. The minimum atomic E-state index is -0.419. The normalized spacial score (nSPS) is 11.3. The van der Waals surface area contributed by atoms with E-state index < -0.39 is 5.56 Å². The molecule has 1 N–H and O–H groups in total. The van der Waals surface area contributed by atoms with Crippen molar-refractivity contribution in [1.29, 1.82) is 0 Å². The predicted octanol–water partition coefficient (Wildman–Crippen LogP) is 5.45. The predicted molar refractivity (Wildman–Crippen MR) is 110 cm³/mol. The maximum Gasteiger partial charge on any atom is 0.260 e. The number of rotatable bonds is 4. The lowest BCUT2D eigenvalue weighted by molar-refractivity contribution is 0.104. The summed E-state index contributed by atoms with van der Waals surface area (Å²) in [5.74, 6) is 0.165. The Morgan fingerprint density at radius 3 is 2.59 bits per heavy atom. The van der Waals surface area contributed by atoms with Crippen molar-refractivity contribution in [2.45, 2.75) is 0 Å². The number of nitrogens with one attached hydrogen (secondary N) is 1. The molecule has 2 aromatic heterocycles. The fourth-order valence-electron chi connectivity index (χ4n) is 3.03. The van der Waals surface area contributed by atoms with Gasteiger partial charge >= 0.3 is 0 Å². The molecule has 0 aliphatic heterocycles. The van der Waals surface area contributed by atoms with E-state index >= 15 is 0 Å². The van der Waals surface area contributed by atoms with E-state index in [1.54, 1.807) is 18.2 Å². The SMILES string of the molecule is O=C(/C=C/c1ccco1)c1c(-c2ccccc2)c2cc(Br)ccc2[nH]c1=O. The third-order valence-corrected chi connectivity index (χ3v) is 4.72. The van der Waals surface area contributed by atoms with Gasteiger partial charge in [0.25, 0.3) is 5.56 Å². The van der Waals surface area contributed by atoms with Crippen LogP contribution in [-0.4, -0.2) is 10.8 Å². The topological polar surface area (TPSA) is 63.1 Å². The number of hydrogen-bond acceptors (Lipinski definition) is 3. The molecule has 4 aromatic rings. The monoisotopic (exact) mass is 419 g/mol. The number of carbonyl (C=O) groups excluding carboxylic acids is 1. The van der Waals surface area contributed by atoms with E-state index in [1.165, 1.54) is 12.3 Å². The number of aromatic amines is 1. The van der Waals surface area contributed by atoms with E-state index in [-0.39, 0.29) is 11.3 Å². The first kappa shape index (κ1) is 17.2. The minimum absolute atomic E-state index is 0.106. The minimum Gasteiger partial charge on any atom is -0.465 e. The summed E-state index contributed by atoms with van der Waals surface area (Å²) in [5.41, 5.74) is 1.78. The van der Waals surface area contributed by atoms with Gasteiger partial charge < -0.3 is 9.40 Å². The first-order chi connectivity index (χ1) is 13.1. The Morgan fingerprint density at radius 1 is 1.04 bits per heavy atom. The molecular formula is C22H14BrNO3. The first-order valence-corrected chi connectivity index (χ1v) is 9.09. The lowest BCUT2D eigenvalue weighted by atomic mass is 9.94. The van der Waals surface area contributed by atoms with E-state index in [2.05, 4.69) is 20.9 Å². The van der Waals surface area contributed by atoms with E-state index in [1.807, 2.05) is 48.5 Å². The van der Waals surface area contributed by atoms with Crippen LogP contribution >= 0.6 is 15.9 Å². The third kappa shape index (κ3) is 3.41. The van der Waals surface area contributed by atoms with Gasteiger partial charge in [0, 0.05) is 20.9 Å². The summed E-state index contributed by atoms with van der Waals surface area (Å²) in [5, 5.41) is 0.796. The number of ketones is 1. The molecule has 4 rings (SSSR count). The molecule has 5 heteroatoms. The van der Waals surface area contributed by atoms with Crippen LogP contribution in [0.15, 0.2) is 86.7 Å². The van der Waals surface area contributed by atoms with E-state index in [0.717, 1.165) is 15.4 Å². The van der Waals surface area contributed by atoms with Crippen LogP contribution in [0.1, 0.15) is 16.1 Å². The molecule has 0 unspecified atom stereocenters. The van der Waals surface area contributed by atoms with Crippen molar-refractivity contribution in [1.82, 2.24) is 4.98 Å². The maximum absolute atomic E-state index is 12.9. The lowest BCUT2D eigenvalue weighted by Gasteiger charge is -2.11. The van der Waals surface area contributed by atoms with Gasteiger partial charge in [0.05, 0.1) is 11.8 Å². The summed E-state index contributed by atoms with van der Waals surface area (Å²) >= 11 is 3.47. The van der Waals surface area contributed by atoms with Crippen LogP contribution in [0.5, 0.6) is 0 Å². The van der Waals surface area contributed by atoms with Crippen LogP contribution in [0.3, 0.4) is 0 Å². The molecule has 0 aliphatic carbocycles. The Bertz CT molecular complexity index is 1210. The Balaban J connectivity index is 1.98. The fourth-order valence-corrected chi connectivity index (χ4v) is 3.39. The molecule has 132 valence electrons. The average molecular weight is 420 g/mol. The van der Waals surface area contributed by atoms with Crippen LogP contribution in [0, 0.1) is 0 Å². The standard InChI is InChI=1S/C22H14BrNO3/c23-15-8-10-18-17(13-15)20(14-5-2-1-3-6-14)21(22(26)24-18)19(25)11-9-16-7-4-12-27-16/h1-13H,(H,24,26)/b11-9+. The van der Waals surface area contributed by atoms with Crippen molar-refractivity contribution < 1.29 is 9.21 Å². The van der Waals surface area contributed by atoms with Gasteiger partial charge in [-0.05, 0) is 48.0 Å². The number of allylic oxidation sites excluding steroid dienone is 1. The van der Waals surface area contributed by atoms with Crippen LogP contribution < -0.4 is 5.56 Å². The zero-order valence-electron chi connectivity index (χ0n) is 14.1. The van der Waals surface area contributed by atoms with Crippen LogP contribution in [0.4, 0.5) is 0 Å². The van der Waals surface area contributed by atoms with Gasteiger partial charge in [0.2, 0.25) is 0 Å². The van der Waals surface area contributed by atoms with Crippen molar-refractivity contribution in [3.8, 4) is 11.1 Å². The molecule has 4 nitrogen and oxygen atoms in total. The van der Waals surface area contributed by atoms with E-state index in [9.17, 15) is 9.59 Å². The summed E-state index contributed by atoms with van der Waals surface area (Å²) < 4.78 is 6.08. The zero-order valence-corrected chi connectivity index (χ0v) is 15.7. The van der Waals surface area contributed by atoms with Crippen molar-refractivity contribution in [3.63, 3.8) is 0 Å². The molecule has 0 atom stereocenters. The maximum atomic E-state index is 12.9. The molecule has 0 saturated heterocycles. The molecule has 0 amide bonds. The summed E-state index contributed by atoms with van der Waals surface area (Å²) in [6.45, 7) is 0. The first-order valence-electron chi connectivity index (χ1n) is 8.30. The number of pyridine rings is 1. The number of H-pyrrole nitrogens is 1. The molecule has 0 spiro atoms. The molecule has 2 heterocycles. The van der Waals surface area contributed by atoms with E-state index in [0.29, 0.717) is 16.8 Å². The Kier molecular flexibility index (Phi) is 4.60. The van der Waals surface area contributed by atoms with Crippen LogP contribution in [0.2, 0.25) is 0 Å². The molecule has 0 radical (unpaired) electrons. The average Bonchev–Trinajstić information content (AvgIpc) is 3.20. The second-order valence-electron chi connectivity index (χ2n) is 5.97. The van der Waals surface area contributed by atoms with Crippen LogP contribution in [-0.2, 0) is 0 Å². The second-order valence-corrected chi connectivity index (χ2v) is 6.89. The van der Waals surface area contributed by atoms with Gasteiger partial charge in [-0.1, -0.05) is 46.3 Å². The highest BCUT2D eigenvalue weighted by molar-refractivity contribution is 9.10. The summed E-state index contributed by atoms with van der Waals surface area (Å²) in [6, 6.07) is 18.5. The Morgan fingerprint density at radius 2 is 1.85 bits per heavy atom. The van der Waals surface area contributed by atoms with Gasteiger partial charge in [-0.3, -0.25) is 9.59 Å². The molecule has 2 aromatic carbocycles. The van der Waals surface area contributed by atoms with Gasteiger partial charge in [-0.2, -0.15) is 0 Å². The summed E-state index contributed by atoms with van der Waals surface area (Å²) in [6.07, 6.45) is 4.45. The second kappa shape index (κ2) is 7.21. The smallest absolute Gasteiger partial charge is 0.260 e. The molecular weight excluding hydrogens is 406 g/mol. The molecule has 0 saturated carbocycles. The number of carbonyl (C=O) groups is 1. The van der Waals surface area contributed by atoms with Crippen molar-refractivity contribution >= 4 is 38.7 Å². The number of hydrogen-bond donors (Lipinski definition) is 1. The number of fused-ring (bicyclic) bond motifs is 1. The fraction of sp³-hybridized carbons (Fsp3) is 0. The summed E-state index contributed by atoms with van der Waals surface area (Å²) in [4.78, 5) is 28.5. The molecule has 27 heavy (non-hydrogen) atoms. The highest BCUT2D eigenvalue weighted by atomic mass is 79.9. The summed E-state index contributed by atoms with van der Waals surface area (Å²) in [7, 11) is 0. The van der Waals surface area contributed by atoms with Gasteiger partial charge in [0.15, 0.2) is 5.78 Å². The number of benzene rings is 2. The highest BCUT2D eigenvalue weighted by Gasteiger charge is 2.19. The van der Waals surface area contributed by atoms with E-state index in [4.69, 9.17) is 4.42 Å². The van der Waals surface area contributed by atoms with Gasteiger partial charge in [-0.15, -0.1) is 0 Å². The van der Waals surface area contributed by atoms with Gasteiger partial charge in [0.1, 0.15) is 5.76 Å². The van der Waals surface area contributed by atoms with Crippen molar-refractivity contribution in [2.75, 3.05) is 0 Å². The third-order valence-electron chi connectivity index (χ3n) is 4.23. The number of furan rings is 1. The molecule has 0 aliphatic rings. The van der Waals surface area contributed by atoms with Crippen molar-refractivity contribution in [2.24, 2.45) is 0 Å². The number of halogens is 1. The Hall–Kier alpha value is -3.18. The quantitative estimate of drug-likeness (QED) is 0.353. The lowest BCUT2D eigenvalue weighted by Crippen LogP contribution is -2.18. The number of aromatic nitrogens is 1. The molecule has 0 fully saturated rings. The highest BCUT2D eigenvalue weighted by Crippen LogP contribution is 2.31. The van der Waals surface area contributed by atoms with Crippen molar-refractivity contribution in [3.05, 3.63) is 99.2 Å². The van der Waals surface area contributed by atoms with Gasteiger partial charge in [-0.25, -0.2) is 0 Å². The Labute approximate surface area is 163 Å².